The summed E-state index contributed by atoms with van der Waals surface area (Å²) in [4.78, 5) is 5.97. The number of nitrogens with zero attached hydrogens (tertiary/aromatic N) is 1. The summed E-state index contributed by atoms with van der Waals surface area (Å²) in [6, 6.07) is 7.31. The molecule has 0 saturated carbocycles. The van der Waals surface area contributed by atoms with Crippen molar-refractivity contribution in [3.8, 4) is 0 Å². The average Bonchev–Trinajstić information content (AvgIpc) is 2.91. The molecule has 3 heteroatoms. The van der Waals surface area contributed by atoms with E-state index in [-0.39, 0.29) is 0 Å². The van der Waals surface area contributed by atoms with Crippen LogP contribution in [-0.4, -0.2) is 36.1 Å². The van der Waals surface area contributed by atoms with Crippen LogP contribution in [0.25, 0.3) is 10.9 Å². The predicted octanol–water partition coefficient (Wildman–Crippen LogP) is 2.91. The van der Waals surface area contributed by atoms with Crippen molar-refractivity contribution >= 4 is 10.9 Å². The van der Waals surface area contributed by atoms with Crippen molar-refractivity contribution in [3.05, 3.63) is 35.5 Å². The van der Waals surface area contributed by atoms with Crippen molar-refractivity contribution < 1.29 is 0 Å². The molecule has 1 saturated heterocycles. The lowest BCUT2D eigenvalue weighted by Crippen LogP contribution is -2.43. The SMILES string of the molecule is CCc1cccc2c(CN(C)C3CCCNC3)c[nH]c12. The summed E-state index contributed by atoms with van der Waals surface area (Å²) >= 11 is 0. The molecule has 2 aromatic rings. The first-order valence-electron chi connectivity index (χ1n) is 7.78. The van der Waals surface area contributed by atoms with Crippen molar-refractivity contribution in [1.82, 2.24) is 15.2 Å². The summed E-state index contributed by atoms with van der Waals surface area (Å²) in [5.74, 6) is 0. The Bertz CT molecular complexity index is 567. The number of likely N-dealkylation sites (N-methyl/N-ethyl adjacent to an activating group) is 1. The van der Waals surface area contributed by atoms with Crippen LogP contribution >= 0.6 is 0 Å². The molecule has 1 aliphatic heterocycles. The molecule has 0 radical (unpaired) electrons. The summed E-state index contributed by atoms with van der Waals surface area (Å²) in [5.41, 5.74) is 4.15. The highest BCUT2D eigenvalue weighted by atomic mass is 15.2. The Kier molecular flexibility index (Phi) is 4.08. The lowest BCUT2D eigenvalue weighted by Gasteiger charge is -2.31. The molecule has 2 N–H and O–H groups in total. The Morgan fingerprint density at radius 2 is 2.20 bits per heavy atom. The van der Waals surface area contributed by atoms with Gasteiger partial charge in [0.15, 0.2) is 0 Å². The number of aromatic amines is 1. The van der Waals surface area contributed by atoms with Gasteiger partial charge in [-0.05, 0) is 44.0 Å². The fourth-order valence-electron chi connectivity index (χ4n) is 3.31. The first kappa shape index (κ1) is 13.7. The minimum absolute atomic E-state index is 0.669. The van der Waals surface area contributed by atoms with E-state index in [1.165, 1.54) is 41.4 Å². The number of aryl methyl sites for hydroxylation is 1. The maximum absolute atomic E-state index is 3.50. The van der Waals surface area contributed by atoms with Gasteiger partial charge in [0.05, 0.1) is 0 Å². The third kappa shape index (κ3) is 2.60. The van der Waals surface area contributed by atoms with E-state index in [1.54, 1.807) is 0 Å². The third-order valence-electron chi connectivity index (χ3n) is 4.58. The topological polar surface area (TPSA) is 31.1 Å². The van der Waals surface area contributed by atoms with E-state index in [9.17, 15) is 0 Å². The molecule has 3 rings (SSSR count). The van der Waals surface area contributed by atoms with Gasteiger partial charge in [-0.1, -0.05) is 25.1 Å². The number of rotatable bonds is 4. The molecule has 2 heterocycles. The molecule has 0 amide bonds. The molecule has 1 atom stereocenters. The van der Waals surface area contributed by atoms with Gasteiger partial charge in [0.25, 0.3) is 0 Å². The van der Waals surface area contributed by atoms with Crippen LogP contribution in [0.2, 0.25) is 0 Å². The fourth-order valence-corrected chi connectivity index (χ4v) is 3.31. The van der Waals surface area contributed by atoms with Crippen LogP contribution in [0.3, 0.4) is 0 Å². The van der Waals surface area contributed by atoms with Crippen LogP contribution in [0.15, 0.2) is 24.4 Å². The van der Waals surface area contributed by atoms with Crippen LogP contribution < -0.4 is 5.32 Å². The Morgan fingerprint density at radius 1 is 1.30 bits per heavy atom. The van der Waals surface area contributed by atoms with Crippen molar-refractivity contribution in [1.29, 1.82) is 0 Å². The highest BCUT2D eigenvalue weighted by Gasteiger charge is 2.18. The molecule has 0 spiro atoms. The van der Waals surface area contributed by atoms with Crippen molar-refractivity contribution in [2.75, 3.05) is 20.1 Å². The number of H-pyrrole nitrogens is 1. The maximum Gasteiger partial charge on any atom is 0.0489 e. The largest absolute Gasteiger partial charge is 0.361 e. The Hall–Kier alpha value is -1.32. The molecule has 1 fully saturated rings. The Balaban J connectivity index is 1.80. The van der Waals surface area contributed by atoms with E-state index in [0.717, 1.165) is 19.5 Å². The molecule has 3 nitrogen and oxygen atoms in total. The fraction of sp³-hybridized carbons (Fsp3) is 0.529. The number of fused-ring (bicyclic) bond motifs is 1. The zero-order valence-electron chi connectivity index (χ0n) is 12.6. The van der Waals surface area contributed by atoms with E-state index in [4.69, 9.17) is 0 Å². The molecular weight excluding hydrogens is 246 g/mol. The van der Waals surface area contributed by atoms with Gasteiger partial charge in [0, 0.05) is 36.2 Å². The van der Waals surface area contributed by atoms with Crippen molar-refractivity contribution in [3.63, 3.8) is 0 Å². The van der Waals surface area contributed by atoms with E-state index in [1.807, 2.05) is 0 Å². The zero-order valence-corrected chi connectivity index (χ0v) is 12.6. The molecule has 20 heavy (non-hydrogen) atoms. The van der Waals surface area contributed by atoms with Crippen LogP contribution in [0, 0.1) is 0 Å². The first-order valence-corrected chi connectivity index (χ1v) is 7.78. The van der Waals surface area contributed by atoms with E-state index in [2.05, 4.69) is 53.6 Å². The van der Waals surface area contributed by atoms with Gasteiger partial charge in [0.2, 0.25) is 0 Å². The lowest BCUT2D eigenvalue weighted by molar-refractivity contribution is 0.196. The lowest BCUT2D eigenvalue weighted by atomic mass is 10.0. The summed E-state index contributed by atoms with van der Waals surface area (Å²) in [6.07, 6.45) is 5.88. The second-order valence-corrected chi connectivity index (χ2v) is 5.92. The number of hydrogen-bond donors (Lipinski definition) is 2. The van der Waals surface area contributed by atoms with E-state index in [0.29, 0.717) is 6.04 Å². The molecule has 0 aliphatic carbocycles. The number of hydrogen-bond acceptors (Lipinski definition) is 2. The first-order chi connectivity index (χ1) is 9.79. The monoisotopic (exact) mass is 271 g/mol. The molecule has 108 valence electrons. The molecule has 0 bridgehead atoms. The molecule has 1 unspecified atom stereocenters. The van der Waals surface area contributed by atoms with E-state index < -0.39 is 0 Å². The quantitative estimate of drug-likeness (QED) is 0.896. The zero-order chi connectivity index (χ0) is 13.9. The Morgan fingerprint density at radius 3 is 2.95 bits per heavy atom. The van der Waals surface area contributed by atoms with Crippen LogP contribution in [0.5, 0.6) is 0 Å². The van der Waals surface area contributed by atoms with Gasteiger partial charge < -0.3 is 10.3 Å². The van der Waals surface area contributed by atoms with Crippen LogP contribution in [0.1, 0.15) is 30.9 Å². The summed E-state index contributed by atoms with van der Waals surface area (Å²) in [7, 11) is 2.25. The second-order valence-electron chi connectivity index (χ2n) is 5.92. The summed E-state index contributed by atoms with van der Waals surface area (Å²) in [5, 5.41) is 4.89. The summed E-state index contributed by atoms with van der Waals surface area (Å²) in [6.45, 7) is 5.55. The van der Waals surface area contributed by atoms with Gasteiger partial charge >= 0.3 is 0 Å². The second kappa shape index (κ2) is 5.98. The third-order valence-corrected chi connectivity index (χ3v) is 4.58. The van der Waals surface area contributed by atoms with Crippen molar-refractivity contribution in [2.45, 2.75) is 38.8 Å². The highest BCUT2D eigenvalue weighted by Crippen LogP contribution is 2.24. The molecule has 1 aromatic carbocycles. The van der Waals surface area contributed by atoms with Crippen LogP contribution in [0.4, 0.5) is 0 Å². The average molecular weight is 271 g/mol. The normalized spacial score (nSPS) is 19.9. The predicted molar refractivity (Wildman–Crippen MR) is 85.0 cm³/mol. The number of piperidine rings is 1. The number of para-hydroxylation sites is 1. The highest BCUT2D eigenvalue weighted by molar-refractivity contribution is 5.86. The van der Waals surface area contributed by atoms with Crippen LogP contribution in [-0.2, 0) is 13.0 Å². The maximum atomic E-state index is 3.50. The van der Waals surface area contributed by atoms with Gasteiger partial charge in [-0.15, -0.1) is 0 Å². The Labute approximate surface area is 121 Å². The number of benzene rings is 1. The molecule has 1 aliphatic rings. The van der Waals surface area contributed by atoms with Crippen molar-refractivity contribution in [2.24, 2.45) is 0 Å². The molecular formula is C17H25N3. The smallest absolute Gasteiger partial charge is 0.0489 e. The van der Waals surface area contributed by atoms with Gasteiger partial charge in [-0.25, -0.2) is 0 Å². The van der Waals surface area contributed by atoms with Gasteiger partial charge in [-0.2, -0.15) is 0 Å². The molecule has 1 aromatic heterocycles. The minimum Gasteiger partial charge on any atom is -0.361 e. The number of nitrogens with one attached hydrogen (secondary N) is 2. The van der Waals surface area contributed by atoms with Gasteiger partial charge in [-0.3, -0.25) is 4.90 Å². The standard InChI is InChI=1S/C17H25N3/c1-3-13-6-4-8-16-14(10-19-17(13)16)12-20(2)15-7-5-9-18-11-15/h4,6,8,10,15,18-19H,3,5,7,9,11-12H2,1-2H3. The minimum atomic E-state index is 0.669. The summed E-state index contributed by atoms with van der Waals surface area (Å²) < 4.78 is 0. The number of aromatic nitrogens is 1. The van der Waals surface area contributed by atoms with E-state index >= 15 is 0 Å². The van der Waals surface area contributed by atoms with Gasteiger partial charge in [0.1, 0.15) is 0 Å².